The fourth-order valence-electron chi connectivity index (χ4n) is 2.62. The molecule has 2 heterocycles. The van der Waals surface area contributed by atoms with E-state index >= 15 is 0 Å². The van der Waals surface area contributed by atoms with Crippen LogP contribution in [-0.4, -0.2) is 37.2 Å². The normalized spacial score (nSPS) is 16.6. The van der Waals surface area contributed by atoms with E-state index in [1.807, 2.05) is 6.08 Å². The van der Waals surface area contributed by atoms with Crippen LogP contribution in [0, 0.1) is 0 Å². The molecular formula is C25H32O6. The van der Waals surface area contributed by atoms with Crippen molar-refractivity contribution in [1.82, 2.24) is 0 Å². The summed E-state index contributed by atoms with van der Waals surface area (Å²) in [6, 6.07) is 13.1. The van der Waals surface area contributed by atoms with Crippen LogP contribution in [-0.2, 0) is 9.47 Å². The smallest absolute Gasteiger partial charge is 0.199 e. The highest BCUT2D eigenvalue weighted by molar-refractivity contribution is 5.75. The quantitative estimate of drug-likeness (QED) is 0.643. The lowest BCUT2D eigenvalue weighted by Crippen LogP contribution is -2.24. The van der Waals surface area contributed by atoms with E-state index in [1.54, 1.807) is 42.7 Å². The molecule has 168 valence electrons. The van der Waals surface area contributed by atoms with Crippen molar-refractivity contribution in [3.8, 4) is 11.5 Å². The van der Waals surface area contributed by atoms with Gasteiger partial charge in [-0.3, -0.25) is 9.59 Å². The number of benzene rings is 2. The first kappa shape index (κ1) is 25.9. The number of phenolic OH excluding ortho intramolecular Hbond substituents is 1. The fourth-order valence-corrected chi connectivity index (χ4v) is 2.62. The fraction of sp³-hybridized carbons (Fsp3) is 0.360. The van der Waals surface area contributed by atoms with Gasteiger partial charge in [-0.25, -0.2) is 0 Å². The zero-order valence-corrected chi connectivity index (χ0v) is 16.9. The number of hydrogen-bond donors (Lipinski definition) is 1. The van der Waals surface area contributed by atoms with E-state index in [9.17, 15) is 9.59 Å². The second-order valence-corrected chi connectivity index (χ2v) is 6.70. The third-order valence-corrected chi connectivity index (χ3v) is 4.28. The van der Waals surface area contributed by atoms with Crippen molar-refractivity contribution in [3.05, 3.63) is 72.0 Å². The molecule has 1 unspecified atom stereocenters. The van der Waals surface area contributed by atoms with Gasteiger partial charge in [-0.15, -0.1) is 0 Å². The summed E-state index contributed by atoms with van der Waals surface area (Å²) < 4.78 is 16.0. The third kappa shape index (κ3) is 11.0. The summed E-state index contributed by atoms with van der Waals surface area (Å²) in [6.07, 6.45) is 10.8. The maximum absolute atomic E-state index is 10.4. The van der Waals surface area contributed by atoms with Crippen LogP contribution in [0.1, 0.15) is 60.2 Å². The van der Waals surface area contributed by atoms with Gasteiger partial charge in [0.1, 0.15) is 24.1 Å². The van der Waals surface area contributed by atoms with E-state index in [0.717, 1.165) is 50.8 Å². The molecule has 2 aliphatic rings. The minimum atomic E-state index is -0.124. The number of phenols is 1. The Kier molecular flexibility index (Phi) is 13.1. The van der Waals surface area contributed by atoms with Gasteiger partial charge in [-0.05, 0) is 80.3 Å². The summed E-state index contributed by atoms with van der Waals surface area (Å²) >= 11 is 0. The van der Waals surface area contributed by atoms with Gasteiger partial charge in [0.2, 0.25) is 0 Å². The van der Waals surface area contributed by atoms with E-state index in [2.05, 4.69) is 0 Å². The summed E-state index contributed by atoms with van der Waals surface area (Å²) in [7, 11) is 0. The van der Waals surface area contributed by atoms with Crippen LogP contribution in [0.5, 0.6) is 11.5 Å². The lowest BCUT2D eigenvalue weighted by atomic mass is 10.2. The molecule has 0 aromatic heterocycles. The molecule has 0 amide bonds. The van der Waals surface area contributed by atoms with Crippen LogP contribution in [0.3, 0.4) is 0 Å². The predicted molar refractivity (Wildman–Crippen MR) is 121 cm³/mol. The van der Waals surface area contributed by atoms with Gasteiger partial charge < -0.3 is 19.3 Å². The zero-order chi connectivity index (χ0) is 21.4. The van der Waals surface area contributed by atoms with Crippen molar-refractivity contribution in [1.29, 1.82) is 0 Å². The van der Waals surface area contributed by atoms with E-state index in [4.69, 9.17) is 19.3 Å². The number of hydrogen-bond acceptors (Lipinski definition) is 6. The standard InChI is InChI=1S/C12H14O3.C7H6O2.C5H8O.CH4/c13-9-10-4-6-11(7-5-10)15-12-3-1-2-8-14-12;8-5-6-1-3-7(9)4-2-6;1-2-4-6-5-3-1;/h4-7,9,12H,1-3,8H2;1-5,9H;2,4H,1,3,5H2;1H4. The highest BCUT2D eigenvalue weighted by atomic mass is 16.7. The predicted octanol–water partition coefficient (Wildman–Crippen LogP) is 5.56. The Morgan fingerprint density at radius 2 is 1.52 bits per heavy atom. The molecule has 0 aliphatic carbocycles. The number of allylic oxidation sites excluding steroid dienone is 1. The minimum absolute atomic E-state index is 0. The number of carbonyl (C=O) groups is 2. The highest BCUT2D eigenvalue weighted by Gasteiger charge is 2.14. The van der Waals surface area contributed by atoms with E-state index in [1.165, 1.54) is 25.0 Å². The van der Waals surface area contributed by atoms with E-state index in [0.29, 0.717) is 11.1 Å². The Bertz CT molecular complexity index is 754. The van der Waals surface area contributed by atoms with Crippen molar-refractivity contribution >= 4 is 12.6 Å². The lowest BCUT2D eigenvalue weighted by Gasteiger charge is -2.23. The molecule has 31 heavy (non-hydrogen) atoms. The molecule has 1 fully saturated rings. The van der Waals surface area contributed by atoms with Gasteiger partial charge >= 0.3 is 0 Å². The second kappa shape index (κ2) is 15.7. The minimum Gasteiger partial charge on any atom is -0.508 e. The summed E-state index contributed by atoms with van der Waals surface area (Å²) in [4.78, 5) is 20.5. The highest BCUT2D eigenvalue weighted by Crippen LogP contribution is 2.19. The molecule has 2 aromatic rings. The van der Waals surface area contributed by atoms with Crippen LogP contribution >= 0.6 is 0 Å². The number of ether oxygens (including phenoxy) is 3. The molecule has 6 nitrogen and oxygen atoms in total. The molecule has 1 saturated heterocycles. The monoisotopic (exact) mass is 428 g/mol. The molecule has 2 aromatic carbocycles. The largest absolute Gasteiger partial charge is 0.508 e. The van der Waals surface area contributed by atoms with Gasteiger partial charge in [0.25, 0.3) is 0 Å². The Labute approximate surface area is 184 Å². The topological polar surface area (TPSA) is 82.1 Å². The Hall–Kier alpha value is -3.12. The van der Waals surface area contributed by atoms with Crippen LogP contribution < -0.4 is 4.74 Å². The summed E-state index contributed by atoms with van der Waals surface area (Å²) in [5, 5.41) is 8.74. The molecule has 1 atom stereocenters. The van der Waals surface area contributed by atoms with Crippen LogP contribution in [0.2, 0.25) is 0 Å². The number of aldehydes is 2. The number of rotatable bonds is 4. The van der Waals surface area contributed by atoms with Crippen LogP contribution in [0.4, 0.5) is 0 Å². The first-order valence-electron chi connectivity index (χ1n) is 10.1. The summed E-state index contributed by atoms with van der Waals surface area (Å²) in [5.74, 6) is 0.938. The molecule has 0 radical (unpaired) electrons. The van der Waals surface area contributed by atoms with Gasteiger partial charge in [-0.1, -0.05) is 7.43 Å². The van der Waals surface area contributed by atoms with Crippen molar-refractivity contribution in [3.63, 3.8) is 0 Å². The first-order valence-corrected chi connectivity index (χ1v) is 10.1. The molecule has 6 heteroatoms. The SMILES string of the molecule is C.C1=COCCC1.O=Cc1ccc(O)cc1.O=Cc1ccc(OC2CCCCO2)cc1. The number of aromatic hydroxyl groups is 1. The first-order chi connectivity index (χ1) is 14.7. The van der Waals surface area contributed by atoms with Gasteiger partial charge in [0, 0.05) is 17.5 Å². The lowest BCUT2D eigenvalue weighted by molar-refractivity contribution is -0.105. The Morgan fingerprint density at radius 3 is 1.94 bits per heavy atom. The second-order valence-electron chi connectivity index (χ2n) is 6.70. The summed E-state index contributed by atoms with van der Waals surface area (Å²) in [6.45, 7) is 1.69. The van der Waals surface area contributed by atoms with Crippen molar-refractivity contribution < 1.29 is 28.9 Å². The average Bonchev–Trinajstić information content (AvgIpc) is 2.83. The summed E-state index contributed by atoms with van der Waals surface area (Å²) in [5.41, 5.74) is 1.24. The Morgan fingerprint density at radius 1 is 0.871 bits per heavy atom. The number of carbonyl (C=O) groups excluding carboxylic acids is 2. The van der Waals surface area contributed by atoms with Crippen molar-refractivity contribution in [2.24, 2.45) is 0 Å². The maximum Gasteiger partial charge on any atom is 0.199 e. The zero-order valence-electron chi connectivity index (χ0n) is 16.9. The molecule has 0 bridgehead atoms. The van der Waals surface area contributed by atoms with E-state index in [-0.39, 0.29) is 19.5 Å². The van der Waals surface area contributed by atoms with Crippen molar-refractivity contribution in [2.45, 2.75) is 45.8 Å². The Balaban J connectivity index is 0.000000256. The molecule has 4 rings (SSSR count). The molecule has 1 N–H and O–H groups in total. The molecular weight excluding hydrogens is 396 g/mol. The molecule has 2 aliphatic heterocycles. The van der Waals surface area contributed by atoms with Gasteiger partial charge in [-0.2, -0.15) is 0 Å². The van der Waals surface area contributed by atoms with Crippen molar-refractivity contribution in [2.75, 3.05) is 13.2 Å². The molecule has 0 spiro atoms. The van der Waals surface area contributed by atoms with E-state index < -0.39 is 0 Å². The maximum atomic E-state index is 10.4. The third-order valence-electron chi connectivity index (χ3n) is 4.28. The van der Waals surface area contributed by atoms with Gasteiger partial charge in [0.15, 0.2) is 6.29 Å². The van der Waals surface area contributed by atoms with Crippen LogP contribution in [0.25, 0.3) is 0 Å². The average molecular weight is 429 g/mol. The van der Waals surface area contributed by atoms with Crippen LogP contribution in [0.15, 0.2) is 60.9 Å². The van der Waals surface area contributed by atoms with Gasteiger partial charge in [0.05, 0.1) is 19.5 Å². The molecule has 0 saturated carbocycles.